The first-order valence-electron chi connectivity index (χ1n) is 8.34. The van der Waals surface area contributed by atoms with Crippen LogP contribution in [0.25, 0.3) is 11.0 Å². The molecule has 1 aliphatic rings. The second-order valence-electron chi connectivity index (χ2n) is 6.19. The van der Waals surface area contributed by atoms with Gasteiger partial charge in [0.15, 0.2) is 5.52 Å². The van der Waals surface area contributed by atoms with Gasteiger partial charge in [-0.3, -0.25) is 10.1 Å². The second-order valence-corrected chi connectivity index (χ2v) is 7.11. The average molecular weight is 418 g/mol. The van der Waals surface area contributed by atoms with Gasteiger partial charge in [0.05, 0.1) is 10.6 Å². The first kappa shape index (κ1) is 16.8. The lowest BCUT2D eigenvalue weighted by atomic mass is 10.1. The van der Waals surface area contributed by atoms with Crippen molar-refractivity contribution in [1.82, 2.24) is 10.3 Å². The molecule has 1 saturated heterocycles. The van der Waals surface area contributed by atoms with E-state index in [4.69, 9.17) is 4.63 Å². The molecule has 0 amide bonds. The molecule has 0 atom stereocenters. The van der Waals surface area contributed by atoms with Gasteiger partial charge in [0.25, 0.3) is 0 Å². The van der Waals surface area contributed by atoms with Gasteiger partial charge in [-0.2, -0.15) is 0 Å². The van der Waals surface area contributed by atoms with Gasteiger partial charge in [-0.15, -0.1) is 0 Å². The molecule has 4 rings (SSSR count). The maximum absolute atomic E-state index is 11.7. The molecule has 1 aliphatic heterocycles. The molecule has 3 aromatic rings. The van der Waals surface area contributed by atoms with Crippen LogP contribution in [0, 0.1) is 10.1 Å². The number of halogens is 1. The number of benzene rings is 2. The molecule has 2 aromatic carbocycles. The molecule has 0 unspecified atom stereocenters. The summed E-state index contributed by atoms with van der Waals surface area (Å²) in [5, 5.41) is 22.6. The lowest BCUT2D eigenvalue weighted by Gasteiger charge is -2.29. The monoisotopic (exact) mass is 417 g/mol. The van der Waals surface area contributed by atoms with Crippen molar-refractivity contribution in [2.75, 3.05) is 23.3 Å². The van der Waals surface area contributed by atoms with Crippen LogP contribution < -0.4 is 10.2 Å². The standard InChI is InChI=1S/C17H16BrN5O3/c18-11-4-6-12(7-5-11)19-13-10-14(22-8-2-1-3-9-22)15-16(21-26-20-15)17(13)23(24)25/h4-7,10,19H,1-3,8-9H2. The molecule has 134 valence electrons. The highest BCUT2D eigenvalue weighted by molar-refractivity contribution is 9.10. The SMILES string of the molecule is O=[N+]([O-])c1c(Nc2ccc(Br)cc2)cc(N2CCCCC2)c2nonc12. The highest BCUT2D eigenvalue weighted by Gasteiger charge is 2.28. The van der Waals surface area contributed by atoms with Gasteiger partial charge in [0.1, 0.15) is 5.69 Å². The highest BCUT2D eigenvalue weighted by atomic mass is 79.9. The fraction of sp³-hybridized carbons (Fsp3) is 0.294. The lowest BCUT2D eigenvalue weighted by molar-refractivity contribution is -0.382. The molecule has 1 fully saturated rings. The third kappa shape index (κ3) is 3.10. The van der Waals surface area contributed by atoms with Gasteiger partial charge in [-0.1, -0.05) is 15.9 Å². The fourth-order valence-electron chi connectivity index (χ4n) is 3.26. The first-order valence-corrected chi connectivity index (χ1v) is 9.14. The van der Waals surface area contributed by atoms with Crippen molar-refractivity contribution in [3.8, 4) is 0 Å². The van der Waals surface area contributed by atoms with E-state index < -0.39 is 4.92 Å². The van der Waals surface area contributed by atoms with Crippen LogP contribution in [-0.2, 0) is 0 Å². The number of nitro groups is 1. The van der Waals surface area contributed by atoms with Gasteiger partial charge >= 0.3 is 5.69 Å². The third-order valence-electron chi connectivity index (χ3n) is 4.49. The minimum Gasteiger partial charge on any atom is -0.370 e. The van der Waals surface area contributed by atoms with Gasteiger partial charge in [-0.25, -0.2) is 4.63 Å². The molecule has 1 N–H and O–H groups in total. The fourth-order valence-corrected chi connectivity index (χ4v) is 3.52. The van der Waals surface area contributed by atoms with Crippen LogP contribution >= 0.6 is 15.9 Å². The van der Waals surface area contributed by atoms with Crippen LogP contribution in [0.4, 0.5) is 22.7 Å². The van der Waals surface area contributed by atoms with Gasteiger partial charge in [0, 0.05) is 23.2 Å². The van der Waals surface area contributed by atoms with Crippen LogP contribution in [0.1, 0.15) is 19.3 Å². The lowest BCUT2D eigenvalue weighted by Crippen LogP contribution is -2.29. The third-order valence-corrected chi connectivity index (χ3v) is 5.02. The van der Waals surface area contributed by atoms with Crippen molar-refractivity contribution in [1.29, 1.82) is 0 Å². The number of hydrogen-bond acceptors (Lipinski definition) is 7. The normalized spacial score (nSPS) is 14.6. The maximum Gasteiger partial charge on any atom is 0.324 e. The molecule has 0 spiro atoms. The number of nitrogens with zero attached hydrogens (tertiary/aromatic N) is 4. The summed E-state index contributed by atoms with van der Waals surface area (Å²) in [7, 11) is 0. The summed E-state index contributed by atoms with van der Waals surface area (Å²) in [6, 6.07) is 9.21. The summed E-state index contributed by atoms with van der Waals surface area (Å²) in [6.07, 6.45) is 3.35. The van der Waals surface area contributed by atoms with Crippen molar-refractivity contribution in [3.63, 3.8) is 0 Å². The van der Waals surface area contributed by atoms with E-state index in [0.29, 0.717) is 11.2 Å². The molecular formula is C17H16BrN5O3. The van der Waals surface area contributed by atoms with Crippen molar-refractivity contribution >= 4 is 49.7 Å². The number of nitro benzene ring substituents is 1. The van der Waals surface area contributed by atoms with Crippen LogP contribution in [-0.4, -0.2) is 28.3 Å². The predicted octanol–water partition coefficient (Wildman–Crippen LogP) is 4.63. The summed E-state index contributed by atoms with van der Waals surface area (Å²) < 4.78 is 5.78. The van der Waals surface area contributed by atoms with Gasteiger partial charge in [-0.05, 0) is 59.9 Å². The Bertz CT molecular complexity index is 951. The van der Waals surface area contributed by atoms with Crippen LogP contribution in [0.3, 0.4) is 0 Å². The van der Waals surface area contributed by atoms with E-state index in [0.717, 1.165) is 41.8 Å². The van der Waals surface area contributed by atoms with Gasteiger partial charge in [0.2, 0.25) is 5.52 Å². The Balaban J connectivity index is 1.84. The van der Waals surface area contributed by atoms with E-state index in [1.165, 1.54) is 6.42 Å². The topological polar surface area (TPSA) is 97.3 Å². The van der Waals surface area contributed by atoms with Crippen LogP contribution in [0.5, 0.6) is 0 Å². The van der Waals surface area contributed by atoms with E-state index in [1.807, 2.05) is 24.3 Å². The zero-order valence-electron chi connectivity index (χ0n) is 13.8. The molecule has 0 radical (unpaired) electrons. The molecule has 0 aliphatic carbocycles. The summed E-state index contributed by atoms with van der Waals surface area (Å²) in [5.74, 6) is 0. The first-order chi connectivity index (χ1) is 12.6. The molecule has 1 aromatic heterocycles. The molecule has 9 heteroatoms. The number of piperidine rings is 1. The summed E-state index contributed by atoms with van der Waals surface area (Å²) in [5.41, 5.74) is 2.39. The zero-order chi connectivity index (χ0) is 18.1. The minimum atomic E-state index is -0.451. The number of anilines is 3. The Labute approximate surface area is 157 Å². The molecular weight excluding hydrogens is 402 g/mol. The highest BCUT2D eigenvalue weighted by Crippen LogP contribution is 2.40. The Kier molecular flexibility index (Phi) is 4.46. The smallest absolute Gasteiger partial charge is 0.324 e. The van der Waals surface area contributed by atoms with Crippen LogP contribution in [0.2, 0.25) is 0 Å². The molecule has 2 heterocycles. The zero-order valence-corrected chi connectivity index (χ0v) is 15.4. The van der Waals surface area contributed by atoms with E-state index in [1.54, 1.807) is 6.07 Å². The van der Waals surface area contributed by atoms with Gasteiger partial charge < -0.3 is 10.2 Å². The van der Waals surface area contributed by atoms with E-state index >= 15 is 0 Å². The molecule has 8 nitrogen and oxygen atoms in total. The van der Waals surface area contributed by atoms with E-state index in [-0.39, 0.29) is 11.2 Å². The Morgan fingerprint density at radius 3 is 2.50 bits per heavy atom. The minimum absolute atomic E-state index is 0.134. The number of aromatic nitrogens is 2. The quantitative estimate of drug-likeness (QED) is 0.487. The largest absolute Gasteiger partial charge is 0.370 e. The number of rotatable bonds is 4. The van der Waals surface area contributed by atoms with Crippen molar-refractivity contribution in [2.45, 2.75) is 19.3 Å². The summed E-state index contributed by atoms with van der Waals surface area (Å²) in [4.78, 5) is 13.4. The van der Waals surface area contributed by atoms with Crippen molar-refractivity contribution in [3.05, 3.63) is 44.9 Å². The summed E-state index contributed by atoms with van der Waals surface area (Å²) in [6.45, 7) is 1.77. The molecule has 0 bridgehead atoms. The Morgan fingerprint density at radius 2 is 1.81 bits per heavy atom. The average Bonchev–Trinajstić information content (AvgIpc) is 3.12. The molecule has 0 saturated carbocycles. The maximum atomic E-state index is 11.7. The Hall–Kier alpha value is -2.68. The second kappa shape index (κ2) is 6.91. The van der Waals surface area contributed by atoms with Crippen molar-refractivity contribution < 1.29 is 9.55 Å². The number of fused-ring (bicyclic) bond motifs is 1. The number of hydrogen-bond donors (Lipinski definition) is 1. The van der Waals surface area contributed by atoms with E-state index in [9.17, 15) is 10.1 Å². The van der Waals surface area contributed by atoms with E-state index in [2.05, 4.69) is 36.5 Å². The van der Waals surface area contributed by atoms with Crippen molar-refractivity contribution in [2.24, 2.45) is 0 Å². The number of nitrogens with one attached hydrogen (secondary N) is 1. The summed E-state index contributed by atoms with van der Waals surface area (Å²) >= 11 is 3.39. The Morgan fingerprint density at radius 1 is 1.12 bits per heavy atom. The molecule has 26 heavy (non-hydrogen) atoms. The van der Waals surface area contributed by atoms with Crippen LogP contribution in [0.15, 0.2) is 39.4 Å². The predicted molar refractivity (Wildman–Crippen MR) is 102 cm³/mol.